The van der Waals surface area contributed by atoms with Crippen molar-refractivity contribution in [2.75, 3.05) is 13.2 Å². The minimum absolute atomic E-state index is 0.0639. The minimum atomic E-state index is -0.789. The van der Waals surface area contributed by atoms with E-state index >= 15 is 0 Å². The second-order valence-electron chi connectivity index (χ2n) is 10.3. The van der Waals surface area contributed by atoms with E-state index in [9.17, 15) is 0 Å². The molecule has 4 aromatic rings. The van der Waals surface area contributed by atoms with Crippen LogP contribution in [0, 0.1) is 12.3 Å². The third-order valence-electron chi connectivity index (χ3n) is 7.17. The molecular weight excluding hydrogens is 540 g/mol. The van der Waals surface area contributed by atoms with E-state index in [0.29, 0.717) is 26.4 Å². The van der Waals surface area contributed by atoms with Crippen LogP contribution in [0.15, 0.2) is 121 Å². The van der Waals surface area contributed by atoms with E-state index in [1.54, 1.807) is 0 Å². The molecule has 0 saturated carbocycles. The van der Waals surface area contributed by atoms with E-state index < -0.39 is 30.7 Å². The maximum atomic E-state index is 6.66. The molecule has 0 aromatic heterocycles. The smallest absolute Gasteiger partial charge is 0.188 e. The fraction of sp³-hybridized carbons (Fsp3) is 0.297. The van der Waals surface area contributed by atoms with Crippen LogP contribution in [0.4, 0.5) is 0 Å². The molecular formula is C37H38O6. The van der Waals surface area contributed by atoms with Gasteiger partial charge < -0.3 is 28.4 Å². The van der Waals surface area contributed by atoms with Crippen molar-refractivity contribution < 1.29 is 28.4 Å². The van der Waals surface area contributed by atoms with Crippen LogP contribution in [-0.2, 0) is 54.8 Å². The van der Waals surface area contributed by atoms with Crippen molar-refractivity contribution in [3.8, 4) is 12.3 Å². The predicted octanol–water partition coefficient (Wildman–Crippen LogP) is 6.33. The topological polar surface area (TPSA) is 55.4 Å². The van der Waals surface area contributed by atoms with Gasteiger partial charge in [-0.1, -0.05) is 127 Å². The maximum Gasteiger partial charge on any atom is 0.188 e. The quantitative estimate of drug-likeness (QED) is 0.154. The van der Waals surface area contributed by atoms with Crippen LogP contribution < -0.4 is 0 Å². The molecule has 0 bridgehead atoms. The van der Waals surface area contributed by atoms with Gasteiger partial charge in [-0.3, -0.25) is 0 Å². The summed E-state index contributed by atoms with van der Waals surface area (Å²) in [7, 11) is 0. The van der Waals surface area contributed by atoms with Gasteiger partial charge in [0, 0.05) is 0 Å². The van der Waals surface area contributed by atoms with Gasteiger partial charge in [0.15, 0.2) is 6.29 Å². The summed E-state index contributed by atoms with van der Waals surface area (Å²) in [5, 5.41) is 0. The van der Waals surface area contributed by atoms with Gasteiger partial charge in [-0.2, -0.15) is 0 Å². The van der Waals surface area contributed by atoms with E-state index in [4.69, 9.17) is 34.8 Å². The van der Waals surface area contributed by atoms with E-state index in [1.807, 2.05) is 121 Å². The molecule has 0 radical (unpaired) electrons. The normalized spacial score (nSPS) is 21.7. The predicted molar refractivity (Wildman–Crippen MR) is 165 cm³/mol. The Balaban J connectivity index is 1.41. The molecule has 1 fully saturated rings. The first kappa shape index (κ1) is 30.7. The van der Waals surface area contributed by atoms with Crippen molar-refractivity contribution >= 4 is 0 Å². The molecule has 4 aromatic carbocycles. The molecule has 0 amide bonds. The van der Waals surface area contributed by atoms with Crippen molar-refractivity contribution in [2.45, 2.75) is 57.1 Å². The molecule has 1 aliphatic rings. The number of hydrogen-bond donors (Lipinski definition) is 0. The van der Waals surface area contributed by atoms with Crippen LogP contribution >= 0.6 is 0 Å². The second-order valence-corrected chi connectivity index (χ2v) is 10.3. The molecule has 1 saturated heterocycles. The Morgan fingerprint density at radius 2 is 0.930 bits per heavy atom. The lowest BCUT2D eigenvalue weighted by Gasteiger charge is -2.45. The van der Waals surface area contributed by atoms with Gasteiger partial charge in [0.25, 0.3) is 0 Å². The Labute approximate surface area is 254 Å². The highest BCUT2D eigenvalue weighted by molar-refractivity contribution is 5.16. The monoisotopic (exact) mass is 578 g/mol. The lowest BCUT2D eigenvalue weighted by atomic mass is 9.97. The summed E-state index contributed by atoms with van der Waals surface area (Å²) in [4.78, 5) is 0. The number of benzene rings is 4. The largest absolute Gasteiger partial charge is 0.374 e. The van der Waals surface area contributed by atoms with Gasteiger partial charge in [0.05, 0.1) is 33.0 Å². The summed E-state index contributed by atoms with van der Waals surface area (Å²) in [5.41, 5.74) is 4.17. The zero-order valence-electron chi connectivity index (χ0n) is 24.2. The van der Waals surface area contributed by atoms with Gasteiger partial charge in [0.1, 0.15) is 31.0 Å². The molecule has 1 aliphatic heterocycles. The molecule has 43 heavy (non-hydrogen) atoms. The van der Waals surface area contributed by atoms with E-state index in [2.05, 4.69) is 5.92 Å². The van der Waals surface area contributed by atoms with Crippen molar-refractivity contribution in [1.82, 2.24) is 0 Å². The van der Waals surface area contributed by atoms with Crippen LogP contribution in [-0.4, -0.2) is 43.9 Å². The van der Waals surface area contributed by atoms with Crippen molar-refractivity contribution in [1.29, 1.82) is 0 Å². The Hall–Kier alpha value is -3.80. The summed E-state index contributed by atoms with van der Waals surface area (Å²) in [6, 6.07) is 40.1. The molecule has 6 heteroatoms. The molecule has 222 valence electrons. The average molecular weight is 579 g/mol. The summed E-state index contributed by atoms with van der Waals surface area (Å²) in [6.07, 6.45) is 2.61. The highest BCUT2D eigenvalue weighted by Gasteiger charge is 2.49. The summed E-state index contributed by atoms with van der Waals surface area (Å²) >= 11 is 0. The van der Waals surface area contributed by atoms with Gasteiger partial charge in [-0.15, -0.1) is 6.42 Å². The SMILES string of the molecule is C#CCO[C@H]1OC(COCc2ccccc2)[C@H](OCc2ccccc2)C(OCc2ccccc2)C1OCc1ccccc1. The molecule has 5 atom stereocenters. The first-order chi connectivity index (χ1) is 21.3. The molecule has 1 heterocycles. The second kappa shape index (κ2) is 16.7. The van der Waals surface area contributed by atoms with E-state index in [-0.39, 0.29) is 13.2 Å². The number of rotatable bonds is 15. The van der Waals surface area contributed by atoms with E-state index in [1.165, 1.54) is 0 Å². The van der Waals surface area contributed by atoms with Crippen LogP contribution in [0.1, 0.15) is 22.3 Å². The lowest BCUT2D eigenvalue weighted by molar-refractivity contribution is -0.326. The molecule has 5 rings (SSSR count). The average Bonchev–Trinajstić information content (AvgIpc) is 3.07. The zero-order valence-corrected chi connectivity index (χ0v) is 24.2. The Morgan fingerprint density at radius 1 is 0.512 bits per heavy atom. The van der Waals surface area contributed by atoms with Crippen molar-refractivity contribution in [3.63, 3.8) is 0 Å². The minimum Gasteiger partial charge on any atom is -0.374 e. The number of ether oxygens (including phenoxy) is 6. The molecule has 6 nitrogen and oxygen atoms in total. The van der Waals surface area contributed by atoms with E-state index in [0.717, 1.165) is 22.3 Å². The van der Waals surface area contributed by atoms with Crippen molar-refractivity contribution in [2.24, 2.45) is 0 Å². The van der Waals surface area contributed by atoms with Gasteiger partial charge >= 0.3 is 0 Å². The number of hydrogen-bond acceptors (Lipinski definition) is 6. The molecule has 0 spiro atoms. The summed E-state index contributed by atoms with van der Waals surface area (Å²) in [5.74, 6) is 2.56. The Morgan fingerprint density at radius 3 is 1.40 bits per heavy atom. The van der Waals surface area contributed by atoms with Crippen molar-refractivity contribution in [3.05, 3.63) is 144 Å². The maximum absolute atomic E-state index is 6.66. The van der Waals surface area contributed by atoms with Crippen LogP contribution in [0.5, 0.6) is 0 Å². The van der Waals surface area contributed by atoms with Gasteiger partial charge in [-0.25, -0.2) is 0 Å². The fourth-order valence-electron chi connectivity index (χ4n) is 5.01. The first-order valence-corrected chi connectivity index (χ1v) is 14.6. The molecule has 3 unspecified atom stereocenters. The summed E-state index contributed by atoms with van der Waals surface area (Å²) < 4.78 is 38.6. The number of terminal acetylenes is 1. The third kappa shape index (κ3) is 9.34. The summed E-state index contributed by atoms with van der Waals surface area (Å²) in [6.45, 7) is 1.84. The lowest BCUT2D eigenvalue weighted by Crippen LogP contribution is -2.61. The van der Waals surface area contributed by atoms with Gasteiger partial charge in [-0.05, 0) is 22.3 Å². The highest BCUT2D eigenvalue weighted by Crippen LogP contribution is 2.31. The van der Waals surface area contributed by atoms with Crippen LogP contribution in [0.2, 0.25) is 0 Å². The third-order valence-corrected chi connectivity index (χ3v) is 7.17. The first-order valence-electron chi connectivity index (χ1n) is 14.6. The zero-order chi connectivity index (χ0) is 29.5. The Bertz CT molecular complexity index is 1360. The highest BCUT2D eigenvalue weighted by atomic mass is 16.7. The standard InChI is InChI=1S/C37H38O6/c1-2-23-39-37-36(42-27-32-21-13-6-14-22-32)35(41-26-31-19-11-5-12-20-31)34(40-25-30-17-9-4-10-18-30)33(43-37)28-38-24-29-15-7-3-8-16-29/h1,3-22,33-37H,23-28H2/t33?,34-,35?,36?,37-/m0/s1. The fourth-order valence-corrected chi connectivity index (χ4v) is 5.01. The molecule has 0 aliphatic carbocycles. The van der Waals surface area contributed by atoms with Gasteiger partial charge in [0.2, 0.25) is 0 Å². The molecule has 0 N–H and O–H groups in total. The Kier molecular flexibility index (Phi) is 11.9. The van der Waals surface area contributed by atoms with Crippen LogP contribution in [0.3, 0.4) is 0 Å². The van der Waals surface area contributed by atoms with Crippen LogP contribution in [0.25, 0.3) is 0 Å².